The largest absolute Gasteiger partial charge is 0.410 e. The standard InChI is InChI=1S/C7H7F5N4S/c1-2(7(10,11)12)16-4(5(8)9)3(6(13)17)14-15-16/h2,5H,1H3,(H2,13,17). The zero-order valence-electron chi connectivity index (χ0n) is 8.37. The summed E-state index contributed by atoms with van der Waals surface area (Å²) in [6.45, 7) is 0.684. The Kier molecular flexibility index (Phi) is 3.65. The van der Waals surface area contributed by atoms with Crippen molar-refractivity contribution < 1.29 is 22.0 Å². The van der Waals surface area contributed by atoms with Gasteiger partial charge in [0, 0.05) is 0 Å². The van der Waals surface area contributed by atoms with Crippen LogP contribution in [0.4, 0.5) is 22.0 Å². The molecule has 1 unspecified atom stereocenters. The van der Waals surface area contributed by atoms with Crippen LogP contribution >= 0.6 is 12.2 Å². The third-order valence-corrected chi connectivity index (χ3v) is 2.20. The molecule has 0 fully saturated rings. The summed E-state index contributed by atoms with van der Waals surface area (Å²) in [4.78, 5) is -0.527. The lowest BCUT2D eigenvalue weighted by molar-refractivity contribution is -0.166. The van der Waals surface area contributed by atoms with Gasteiger partial charge < -0.3 is 5.73 Å². The van der Waals surface area contributed by atoms with Crippen LogP contribution in [0.1, 0.15) is 30.8 Å². The van der Waals surface area contributed by atoms with Gasteiger partial charge in [0.2, 0.25) is 0 Å². The molecule has 1 heterocycles. The Bertz CT molecular complexity index is 426. The summed E-state index contributed by atoms with van der Waals surface area (Å²) in [6, 6.07) is -2.23. The Balaban J connectivity index is 3.31. The number of nitrogens with zero attached hydrogens (tertiary/aromatic N) is 3. The van der Waals surface area contributed by atoms with E-state index in [1.807, 2.05) is 0 Å². The van der Waals surface area contributed by atoms with Crippen molar-refractivity contribution in [3.05, 3.63) is 11.4 Å². The van der Waals surface area contributed by atoms with E-state index in [1.54, 1.807) is 0 Å². The lowest BCUT2D eigenvalue weighted by Gasteiger charge is -2.17. The Morgan fingerprint density at radius 2 is 1.94 bits per heavy atom. The van der Waals surface area contributed by atoms with E-state index in [0.717, 1.165) is 0 Å². The van der Waals surface area contributed by atoms with E-state index < -0.39 is 35.0 Å². The van der Waals surface area contributed by atoms with Gasteiger partial charge in [0.1, 0.15) is 22.4 Å². The molecule has 0 aliphatic rings. The molecule has 0 amide bonds. The number of thiocarbonyl (C=S) groups is 1. The fourth-order valence-electron chi connectivity index (χ4n) is 1.10. The van der Waals surface area contributed by atoms with Gasteiger partial charge in [-0.1, -0.05) is 17.4 Å². The molecular weight excluding hydrogens is 267 g/mol. The van der Waals surface area contributed by atoms with Gasteiger partial charge in [-0.3, -0.25) is 0 Å². The fourth-order valence-corrected chi connectivity index (χ4v) is 1.25. The maximum absolute atomic E-state index is 12.6. The van der Waals surface area contributed by atoms with Crippen molar-refractivity contribution in [1.82, 2.24) is 15.0 Å². The van der Waals surface area contributed by atoms with Crippen LogP contribution in [0.25, 0.3) is 0 Å². The second kappa shape index (κ2) is 4.51. The molecule has 17 heavy (non-hydrogen) atoms. The molecule has 96 valence electrons. The number of hydrogen-bond acceptors (Lipinski definition) is 3. The van der Waals surface area contributed by atoms with Crippen LogP contribution in [0.3, 0.4) is 0 Å². The maximum atomic E-state index is 12.6. The Morgan fingerprint density at radius 3 is 2.29 bits per heavy atom. The number of rotatable bonds is 3. The summed E-state index contributed by atoms with van der Waals surface area (Å²) in [5, 5.41) is 6.16. The summed E-state index contributed by atoms with van der Waals surface area (Å²) < 4.78 is 62.5. The molecule has 4 nitrogen and oxygen atoms in total. The lowest BCUT2D eigenvalue weighted by Crippen LogP contribution is -2.27. The average molecular weight is 274 g/mol. The van der Waals surface area contributed by atoms with Gasteiger partial charge in [0.05, 0.1) is 0 Å². The van der Waals surface area contributed by atoms with Gasteiger partial charge in [-0.25, -0.2) is 13.5 Å². The minimum Gasteiger partial charge on any atom is -0.388 e. The molecule has 0 saturated heterocycles. The molecule has 1 aromatic heterocycles. The van der Waals surface area contributed by atoms with Gasteiger partial charge >= 0.3 is 6.18 Å². The third-order valence-electron chi connectivity index (χ3n) is 2.01. The quantitative estimate of drug-likeness (QED) is 0.676. The van der Waals surface area contributed by atoms with Crippen LogP contribution in [0, 0.1) is 0 Å². The highest BCUT2D eigenvalue weighted by Gasteiger charge is 2.41. The SMILES string of the molecule is CC(n1nnc(C(N)=S)c1C(F)F)C(F)(F)F. The van der Waals surface area contributed by atoms with Crippen LogP contribution in [-0.2, 0) is 0 Å². The van der Waals surface area contributed by atoms with E-state index in [0.29, 0.717) is 6.92 Å². The minimum atomic E-state index is -4.72. The predicted octanol–water partition coefficient (Wildman–Crippen LogP) is 1.97. The normalized spacial score (nSPS) is 14.1. The first kappa shape index (κ1) is 13.7. The third kappa shape index (κ3) is 2.68. The van der Waals surface area contributed by atoms with Crippen LogP contribution in [-0.4, -0.2) is 26.2 Å². The van der Waals surface area contributed by atoms with Crippen molar-refractivity contribution in [2.45, 2.75) is 25.6 Å². The molecule has 0 saturated carbocycles. The second-order valence-electron chi connectivity index (χ2n) is 3.15. The smallest absolute Gasteiger partial charge is 0.388 e. The molecule has 2 N–H and O–H groups in total. The van der Waals surface area contributed by atoms with E-state index in [2.05, 4.69) is 22.5 Å². The summed E-state index contributed by atoms with van der Waals surface area (Å²) in [5.41, 5.74) is 3.46. The zero-order chi connectivity index (χ0) is 13.4. The van der Waals surface area contributed by atoms with Crippen molar-refractivity contribution >= 4 is 17.2 Å². The molecule has 10 heteroatoms. The van der Waals surface area contributed by atoms with Gasteiger partial charge in [0.25, 0.3) is 6.43 Å². The van der Waals surface area contributed by atoms with Gasteiger partial charge in [-0.2, -0.15) is 13.2 Å². The van der Waals surface area contributed by atoms with Crippen LogP contribution < -0.4 is 5.73 Å². The fraction of sp³-hybridized carbons (Fsp3) is 0.571. The van der Waals surface area contributed by atoms with Crippen LogP contribution in [0.5, 0.6) is 0 Å². The first-order chi connectivity index (χ1) is 7.66. The summed E-state index contributed by atoms with van der Waals surface area (Å²) in [7, 11) is 0. The molecule has 0 aliphatic carbocycles. The molecule has 1 atom stereocenters. The molecule has 0 radical (unpaired) electrons. The van der Waals surface area contributed by atoms with E-state index >= 15 is 0 Å². The van der Waals surface area contributed by atoms with Crippen molar-refractivity contribution in [2.75, 3.05) is 0 Å². The van der Waals surface area contributed by atoms with E-state index in [4.69, 9.17) is 5.73 Å². The lowest BCUT2D eigenvalue weighted by atomic mass is 10.2. The Hall–Kier alpha value is -1.32. The minimum absolute atomic E-state index is 0.0825. The molecule has 1 aromatic rings. The van der Waals surface area contributed by atoms with Crippen LogP contribution in [0.2, 0.25) is 0 Å². The van der Waals surface area contributed by atoms with Crippen molar-refractivity contribution in [3.63, 3.8) is 0 Å². The predicted molar refractivity (Wildman–Crippen MR) is 51.6 cm³/mol. The molecule has 0 aromatic carbocycles. The number of halogens is 5. The van der Waals surface area contributed by atoms with Gasteiger partial charge in [0.15, 0.2) is 0 Å². The molecular formula is C7H7F5N4S. The Labute approximate surface area is 97.6 Å². The van der Waals surface area contributed by atoms with Crippen molar-refractivity contribution in [3.8, 4) is 0 Å². The van der Waals surface area contributed by atoms with Crippen molar-refractivity contribution in [1.29, 1.82) is 0 Å². The van der Waals surface area contributed by atoms with Gasteiger partial charge in [-0.15, -0.1) is 5.10 Å². The van der Waals surface area contributed by atoms with E-state index in [1.165, 1.54) is 0 Å². The van der Waals surface area contributed by atoms with E-state index in [9.17, 15) is 22.0 Å². The Morgan fingerprint density at radius 1 is 1.41 bits per heavy atom. The molecule has 0 bridgehead atoms. The summed E-state index contributed by atoms with van der Waals surface area (Å²) >= 11 is 4.41. The highest BCUT2D eigenvalue weighted by Crippen LogP contribution is 2.33. The first-order valence-corrected chi connectivity index (χ1v) is 4.66. The average Bonchev–Trinajstić information content (AvgIpc) is 2.58. The molecule has 1 rings (SSSR count). The zero-order valence-corrected chi connectivity index (χ0v) is 9.19. The summed E-state index contributed by atoms with van der Waals surface area (Å²) in [6.07, 6.45) is -7.92. The second-order valence-corrected chi connectivity index (χ2v) is 3.59. The topological polar surface area (TPSA) is 56.7 Å². The monoisotopic (exact) mass is 274 g/mol. The number of nitrogens with two attached hydrogens (primary N) is 1. The number of aromatic nitrogens is 3. The first-order valence-electron chi connectivity index (χ1n) is 4.26. The highest BCUT2D eigenvalue weighted by atomic mass is 32.1. The number of hydrogen-bond donors (Lipinski definition) is 1. The van der Waals surface area contributed by atoms with E-state index in [-0.39, 0.29) is 4.68 Å². The highest BCUT2D eigenvalue weighted by molar-refractivity contribution is 7.80. The van der Waals surface area contributed by atoms with Gasteiger partial charge in [-0.05, 0) is 6.92 Å². The maximum Gasteiger partial charge on any atom is 0.410 e. The number of alkyl halides is 5. The summed E-state index contributed by atoms with van der Waals surface area (Å²) in [5.74, 6) is 0. The molecule has 0 spiro atoms. The van der Waals surface area contributed by atoms with Crippen LogP contribution in [0.15, 0.2) is 0 Å². The molecule has 0 aliphatic heterocycles. The van der Waals surface area contributed by atoms with Crippen molar-refractivity contribution in [2.24, 2.45) is 5.73 Å².